The van der Waals surface area contributed by atoms with E-state index >= 15 is 0 Å². The summed E-state index contributed by atoms with van der Waals surface area (Å²) in [6.07, 6.45) is 6.31. The Bertz CT molecular complexity index is 1420. The number of amidine groups is 1. The zero-order chi connectivity index (χ0) is 28.1. The van der Waals surface area contributed by atoms with Crippen LogP contribution < -0.4 is 21.1 Å². The maximum atomic E-state index is 12.2. The van der Waals surface area contributed by atoms with Gasteiger partial charge in [-0.05, 0) is 30.7 Å². The fraction of sp³-hybridized carbons (Fsp3) is 0.379. The number of nitrogens with two attached hydrogens (primary N) is 1. The number of morpholine rings is 1. The van der Waals surface area contributed by atoms with Crippen LogP contribution in [-0.4, -0.2) is 66.6 Å². The molecule has 2 atom stereocenters. The predicted molar refractivity (Wildman–Crippen MR) is 152 cm³/mol. The molecule has 2 unspecified atom stereocenters. The molecule has 0 aliphatic carbocycles. The number of aliphatic imine (C=N–C) groups is 2. The predicted octanol–water partition coefficient (Wildman–Crippen LogP) is 3.16. The topological polar surface area (TPSA) is 140 Å². The van der Waals surface area contributed by atoms with Crippen molar-refractivity contribution in [1.29, 1.82) is 0 Å². The number of rotatable bonds is 6. The van der Waals surface area contributed by atoms with Gasteiger partial charge in [0.25, 0.3) is 0 Å². The molecular weight excluding hydrogens is 510 g/mol. The zero-order valence-electron chi connectivity index (χ0n) is 22.8. The summed E-state index contributed by atoms with van der Waals surface area (Å²) < 4.78 is 16.8. The number of amides is 2. The van der Waals surface area contributed by atoms with E-state index in [1.807, 2.05) is 45.0 Å². The van der Waals surface area contributed by atoms with Crippen molar-refractivity contribution in [1.82, 2.24) is 15.4 Å². The van der Waals surface area contributed by atoms with Crippen molar-refractivity contribution < 1.29 is 18.8 Å². The Balaban J connectivity index is 1.07. The Morgan fingerprint density at radius 1 is 1.32 bits per heavy atom. The van der Waals surface area contributed by atoms with Gasteiger partial charge in [-0.25, -0.2) is 9.79 Å². The number of allylic oxidation sites excluding steroid dienone is 1. The first-order chi connectivity index (χ1) is 19.2. The number of fused-ring (bicyclic) bond motifs is 2. The number of hydrogen-bond donors (Lipinski definition) is 3. The molecule has 2 aromatic rings. The van der Waals surface area contributed by atoms with Gasteiger partial charge in [0.1, 0.15) is 29.8 Å². The number of urea groups is 1. The summed E-state index contributed by atoms with van der Waals surface area (Å²) in [5.41, 5.74) is 7.20. The number of benzene rings is 1. The third kappa shape index (κ3) is 7.16. The third-order valence-electron chi connectivity index (χ3n) is 6.58. The van der Waals surface area contributed by atoms with Crippen molar-refractivity contribution in [3.8, 4) is 17.6 Å². The molecule has 208 valence electrons. The van der Waals surface area contributed by atoms with Crippen molar-refractivity contribution >= 4 is 23.9 Å². The van der Waals surface area contributed by atoms with Crippen LogP contribution >= 0.6 is 0 Å². The Morgan fingerprint density at radius 2 is 2.15 bits per heavy atom. The maximum Gasteiger partial charge on any atom is 0.348 e. The summed E-state index contributed by atoms with van der Waals surface area (Å²) in [7, 11) is 0. The maximum absolute atomic E-state index is 12.2. The molecule has 2 saturated heterocycles. The van der Waals surface area contributed by atoms with Crippen molar-refractivity contribution in [2.45, 2.75) is 44.8 Å². The number of ether oxygens (including phenoxy) is 2. The van der Waals surface area contributed by atoms with Crippen molar-refractivity contribution in [3.05, 3.63) is 65.3 Å². The molecule has 4 heterocycles. The molecule has 0 spiro atoms. The van der Waals surface area contributed by atoms with Gasteiger partial charge in [0.15, 0.2) is 5.82 Å². The van der Waals surface area contributed by atoms with Crippen LogP contribution in [0.3, 0.4) is 0 Å². The number of carbonyl (C=O) groups is 1. The second-order valence-electron chi connectivity index (χ2n) is 10.8. The van der Waals surface area contributed by atoms with Crippen molar-refractivity contribution in [2.24, 2.45) is 15.7 Å². The van der Waals surface area contributed by atoms with E-state index in [1.165, 1.54) is 6.08 Å². The van der Waals surface area contributed by atoms with E-state index in [4.69, 9.17) is 19.7 Å². The average Bonchev–Trinajstić information content (AvgIpc) is 3.67. The minimum atomic E-state index is -0.671. The van der Waals surface area contributed by atoms with Crippen LogP contribution in [0.2, 0.25) is 0 Å². The lowest BCUT2D eigenvalue weighted by atomic mass is 9.93. The molecule has 5 rings (SSSR count). The molecular formula is C29H33N7O4. The van der Waals surface area contributed by atoms with Crippen LogP contribution in [-0.2, 0) is 10.2 Å². The van der Waals surface area contributed by atoms with Gasteiger partial charge in [0.2, 0.25) is 0 Å². The Labute approximate surface area is 233 Å². The lowest BCUT2D eigenvalue weighted by molar-refractivity contribution is 0.0258. The summed E-state index contributed by atoms with van der Waals surface area (Å²) in [4.78, 5) is 22.7. The minimum Gasteiger partial charge on any atom is -0.492 e. The molecule has 1 aromatic carbocycles. The van der Waals surface area contributed by atoms with Gasteiger partial charge < -0.3 is 25.0 Å². The van der Waals surface area contributed by atoms with Crippen LogP contribution in [0, 0.1) is 11.8 Å². The van der Waals surface area contributed by atoms with E-state index in [0.29, 0.717) is 35.9 Å². The van der Waals surface area contributed by atoms with Crippen LogP contribution in [0.5, 0.6) is 5.75 Å². The second kappa shape index (κ2) is 11.8. The smallest absolute Gasteiger partial charge is 0.348 e. The van der Waals surface area contributed by atoms with E-state index in [1.54, 1.807) is 18.5 Å². The van der Waals surface area contributed by atoms with Crippen LogP contribution in [0.4, 0.5) is 10.6 Å². The number of nitrogens with one attached hydrogen (secondary N) is 2. The number of anilines is 1. The van der Waals surface area contributed by atoms with E-state index in [9.17, 15) is 4.79 Å². The second-order valence-corrected chi connectivity index (χ2v) is 10.8. The van der Waals surface area contributed by atoms with E-state index in [-0.39, 0.29) is 17.1 Å². The summed E-state index contributed by atoms with van der Waals surface area (Å²) in [6.45, 7) is 9.36. The minimum absolute atomic E-state index is 0.0244. The van der Waals surface area contributed by atoms with Crippen LogP contribution in [0.25, 0.3) is 0 Å². The lowest BCUT2D eigenvalue weighted by Gasteiger charge is -2.26. The van der Waals surface area contributed by atoms with Crippen molar-refractivity contribution in [2.75, 3.05) is 31.6 Å². The van der Waals surface area contributed by atoms with Gasteiger partial charge in [0.05, 0.1) is 18.3 Å². The molecule has 1 aromatic heterocycles. The SMILES string of the molecule is CC(C)(C)c1cc(NC(=O)/N=C(N)\C=C2\N=CC(C#Cc3ccc(OCCN4CC5CC4CO5)cc3)=CN2)no1. The lowest BCUT2D eigenvalue weighted by Crippen LogP contribution is -2.39. The third-order valence-corrected chi connectivity index (χ3v) is 6.58. The summed E-state index contributed by atoms with van der Waals surface area (Å²) >= 11 is 0. The molecule has 11 nitrogen and oxygen atoms in total. The van der Waals surface area contributed by atoms with E-state index < -0.39 is 6.03 Å². The number of nitrogens with zero attached hydrogens (tertiary/aromatic N) is 4. The summed E-state index contributed by atoms with van der Waals surface area (Å²) in [5, 5.41) is 9.35. The monoisotopic (exact) mass is 543 g/mol. The summed E-state index contributed by atoms with van der Waals surface area (Å²) in [5.74, 6) is 8.32. The van der Waals surface area contributed by atoms with Gasteiger partial charge >= 0.3 is 6.03 Å². The Hall–Kier alpha value is -4.40. The molecule has 3 aliphatic rings. The highest BCUT2D eigenvalue weighted by molar-refractivity contribution is 6.03. The molecule has 4 N–H and O–H groups in total. The summed E-state index contributed by atoms with van der Waals surface area (Å²) in [6, 6.07) is 9.24. The first kappa shape index (κ1) is 27.2. The van der Waals surface area contributed by atoms with Gasteiger partial charge in [-0.2, -0.15) is 4.99 Å². The average molecular weight is 544 g/mol. The molecule has 3 aliphatic heterocycles. The Kier molecular flexibility index (Phi) is 8.00. The van der Waals surface area contributed by atoms with Crippen LogP contribution in [0.1, 0.15) is 38.5 Å². The molecule has 2 fully saturated rings. The first-order valence-electron chi connectivity index (χ1n) is 13.2. The number of likely N-dealkylation sites (tertiary alicyclic amines) is 1. The number of hydrogen-bond acceptors (Lipinski definition) is 8. The van der Waals surface area contributed by atoms with Gasteiger partial charge in [-0.15, -0.1) is 0 Å². The fourth-order valence-electron chi connectivity index (χ4n) is 4.44. The molecule has 0 saturated carbocycles. The standard InChI is InChI=1S/C29H33N7O4/c1-29(2,3)24-13-27(35-40-24)34-28(37)33-25(30)14-26-31-15-20(16-32-26)5-4-19-6-8-22(9-7-19)38-11-10-36-17-23-12-21(36)18-39-23/h6-9,13-16,21,23,31H,10-12,17-18H2,1-3H3,(H3,30,33,34,35,37)/b26-14+. The largest absolute Gasteiger partial charge is 0.492 e. The molecule has 11 heteroatoms. The van der Waals surface area contributed by atoms with Gasteiger partial charge in [-0.3, -0.25) is 10.2 Å². The molecule has 0 radical (unpaired) electrons. The fourth-order valence-corrected chi connectivity index (χ4v) is 4.44. The molecule has 2 bridgehead atoms. The zero-order valence-corrected chi connectivity index (χ0v) is 22.8. The highest BCUT2D eigenvalue weighted by atomic mass is 16.5. The van der Waals surface area contributed by atoms with Gasteiger partial charge in [-0.1, -0.05) is 37.8 Å². The normalized spacial score (nSPS) is 21.5. The van der Waals surface area contributed by atoms with Crippen LogP contribution in [0.15, 0.2) is 68.5 Å². The quantitative estimate of drug-likeness (QED) is 0.287. The van der Waals surface area contributed by atoms with Gasteiger partial charge in [0, 0.05) is 54.7 Å². The highest BCUT2D eigenvalue weighted by Crippen LogP contribution is 2.27. The number of carbonyl (C=O) groups excluding carboxylic acids is 1. The number of aromatic nitrogens is 1. The molecule has 40 heavy (non-hydrogen) atoms. The van der Waals surface area contributed by atoms with E-state index in [2.05, 4.69) is 42.5 Å². The van der Waals surface area contributed by atoms with E-state index in [0.717, 1.165) is 37.4 Å². The Morgan fingerprint density at radius 3 is 2.80 bits per heavy atom. The first-order valence-corrected chi connectivity index (χ1v) is 13.2. The van der Waals surface area contributed by atoms with Crippen molar-refractivity contribution in [3.63, 3.8) is 0 Å². The molecule has 2 amide bonds. The highest BCUT2D eigenvalue weighted by Gasteiger charge is 2.38.